The zero-order chi connectivity index (χ0) is 32.3. The smallest absolute Gasteiger partial charge is 0.873 e. The molecule has 3 aromatic carbocycles. The van der Waals surface area contributed by atoms with Gasteiger partial charge in [0.1, 0.15) is 0 Å². The summed E-state index contributed by atoms with van der Waals surface area (Å²) in [6.07, 6.45) is 15.1. The molecule has 0 bridgehead atoms. The fraction of sp³-hybridized carbons (Fsp3) is 0.500. The molecule has 0 fully saturated rings. The predicted octanol–water partition coefficient (Wildman–Crippen LogP) is 10.9. The van der Waals surface area contributed by atoms with E-state index in [2.05, 4.69) is 84.9 Å². The summed E-state index contributed by atoms with van der Waals surface area (Å²) in [7, 11) is 0. The van der Waals surface area contributed by atoms with Crippen LogP contribution in [-0.4, -0.2) is 11.4 Å². The zero-order valence-electron chi connectivity index (χ0n) is 28.9. The van der Waals surface area contributed by atoms with Gasteiger partial charge in [-0.15, -0.1) is 11.5 Å². The number of aryl methyl sites for hydroxylation is 5. The first-order valence-electron chi connectivity index (χ1n) is 16.9. The first kappa shape index (κ1) is 40.1. The van der Waals surface area contributed by atoms with Crippen molar-refractivity contribution in [2.24, 2.45) is 9.98 Å². The van der Waals surface area contributed by atoms with Crippen LogP contribution >= 0.6 is 0 Å². The van der Waals surface area contributed by atoms with Gasteiger partial charge in [-0.05, 0) is 118 Å². The number of rotatable bonds is 16. The van der Waals surface area contributed by atoms with E-state index in [4.69, 9.17) is 9.98 Å². The maximum Gasteiger partial charge on any atom is 2.00 e. The average molecular weight is 656 g/mol. The van der Waals surface area contributed by atoms with Crippen LogP contribution in [0.5, 0.6) is 11.5 Å². The third-order valence-corrected chi connectivity index (χ3v) is 8.20. The molecule has 0 saturated heterocycles. The first-order valence-corrected chi connectivity index (χ1v) is 16.9. The van der Waals surface area contributed by atoms with Crippen LogP contribution in [0.1, 0.15) is 126 Å². The summed E-state index contributed by atoms with van der Waals surface area (Å²) in [6.45, 7) is 15.3. The quantitative estimate of drug-likeness (QED) is 0.0875. The molecule has 0 saturated carbocycles. The zero-order valence-corrected chi connectivity index (χ0v) is 29.9. The van der Waals surface area contributed by atoms with E-state index in [1.54, 1.807) is 6.07 Å². The van der Waals surface area contributed by atoms with Gasteiger partial charge in [-0.2, -0.15) is 0 Å². The summed E-state index contributed by atoms with van der Waals surface area (Å²) in [5, 5.41) is 21.6. The first-order chi connectivity index (χ1) is 21.2. The van der Waals surface area contributed by atoms with Crippen LogP contribution < -0.4 is 10.2 Å². The van der Waals surface area contributed by atoms with E-state index in [1.807, 2.05) is 0 Å². The van der Waals surface area contributed by atoms with Crippen molar-refractivity contribution in [1.29, 1.82) is 0 Å². The number of hydrogen-bond acceptors (Lipinski definition) is 4. The molecule has 0 atom stereocenters. The third-order valence-electron chi connectivity index (χ3n) is 8.20. The summed E-state index contributed by atoms with van der Waals surface area (Å²) in [4.78, 5) is 10.3. The van der Waals surface area contributed by atoms with Crippen molar-refractivity contribution in [3.05, 3.63) is 82.4 Å². The van der Waals surface area contributed by atoms with Crippen molar-refractivity contribution in [2.75, 3.05) is 0 Å². The molecule has 0 unspecified atom stereocenters. The monoisotopic (exact) mass is 654 g/mol. The number of aliphatic imine (C=N–C) groups is 2. The van der Waals surface area contributed by atoms with Gasteiger partial charge in [0.25, 0.3) is 0 Å². The van der Waals surface area contributed by atoms with Crippen LogP contribution in [-0.2, 0) is 22.9 Å². The fourth-order valence-electron chi connectivity index (χ4n) is 4.94. The van der Waals surface area contributed by atoms with Crippen molar-refractivity contribution in [3.8, 4) is 11.5 Å². The molecule has 0 radical (unpaired) electrons. The molecule has 5 heteroatoms. The maximum absolute atomic E-state index is 10.9. The number of unbranched alkanes of at least 4 members (excludes halogenated alkanes) is 7. The Kier molecular flexibility index (Phi) is 20.1. The second kappa shape index (κ2) is 22.6. The third kappa shape index (κ3) is 15.3. The van der Waals surface area contributed by atoms with Crippen LogP contribution in [0, 0.1) is 27.7 Å². The minimum atomic E-state index is -0.407. The van der Waals surface area contributed by atoms with Gasteiger partial charge in [-0.1, -0.05) is 96.0 Å². The van der Waals surface area contributed by atoms with E-state index in [0.29, 0.717) is 0 Å². The van der Waals surface area contributed by atoms with Crippen molar-refractivity contribution in [1.82, 2.24) is 0 Å². The van der Waals surface area contributed by atoms with Gasteiger partial charge in [-0.25, -0.2) is 0 Å². The molecular formula is C40H56N2NiO2. The number of nitrogens with zero attached hydrogens (tertiary/aromatic N) is 2. The Hall–Kier alpha value is -2.91. The Morgan fingerprint density at radius 2 is 1.00 bits per heavy atom. The van der Waals surface area contributed by atoms with Crippen LogP contribution in [0.3, 0.4) is 0 Å². The molecule has 0 aliphatic heterocycles. The number of hydrogen-bond donors (Lipinski definition) is 0. The molecule has 0 N–H and O–H groups in total. The molecule has 45 heavy (non-hydrogen) atoms. The van der Waals surface area contributed by atoms with Crippen LogP contribution in [0.4, 0.5) is 11.4 Å². The molecule has 3 aromatic rings. The van der Waals surface area contributed by atoms with Gasteiger partial charge < -0.3 is 10.2 Å². The standard InChI is InChI=1S/C30H44N2.C10H14O2.Ni/c1-7-9-11-12-13-14-16-30(32-28-20-18-24(4)26(6)22-28)29(15-10-8-2)31-27-19-17-23(3)25(5)21-27;1-2-3-4-8-5-6-9(11)10(12)7-8;/h17-22H,7-16H2,1-6H3;5-7,11-12H,2-4H2,1H3;/q;;+2/p-2. The van der Waals surface area contributed by atoms with Gasteiger partial charge in [0.2, 0.25) is 0 Å². The minimum absolute atomic E-state index is 0. The summed E-state index contributed by atoms with van der Waals surface area (Å²) in [5.74, 6) is -0.793. The average Bonchev–Trinajstić information content (AvgIpc) is 3.01. The van der Waals surface area contributed by atoms with E-state index in [1.165, 1.54) is 90.8 Å². The van der Waals surface area contributed by atoms with Crippen LogP contribution in [0.2, 0.25) is 0 Å². The van der Waals surface area contributed by atoms with E-state index in [9.17, 15) is 10.2 Å². The molecule has 3 rings (SSSR count). The van der Waals surface area contributed by atoms with Gasteiger partial charge in [0.05, 0.1) is 22.8 Å². The molecule has 248 valence electrons. The summed E-state index contributed by atoms with van der Waals surface area (Å²) in [5.41, 5.74) is 10.6. The van der Waals surface area contributed by atoms with E-state index >= 15 is 0 Å². The second-order valence-corrected chi connectivity index (χ2v) is 12.2. The summed E-state index contributed by atoms with van der Waals surface area (Å²) >= 11 is 0. The van der Waals surface area contributed by atoms with Crippen molar-refractivity contribution in [2.45, 2.75) is 132 Å². The Labute approximate surface area is 284 Å². The maximum atomic E-state index is 10.9. The van der Waals surface area contributed by atoms with Crippen molar-refractivity contribution in [3.63, 3.8) is 0 Å². The molecular weight excluding hydrogens is 599 g/mol. The second-order valence-electron chi connectivity index (χ2n) is 12.2. The predicted molar refractivity (Wildman–Crippen MR) is 187 cm³/mol. The fourth-order valence-corrected chi connectivity index (χ4v) is 4.94. The molecule has 0 heterocycles. The Balaban J connectivity index is 0.000000653. The Bertz CT molecular complexity index is 1350. The molecule has 0 amide bonds. The summed E-state index contributed by atoms with van der Waals surface area (Å²) in [6, 6.07) is 17.6. The normalized spacial score (nSPS) is 11.5. The van der Waals surface area contributed by atoms with Gasteiger partial charge in [0, 0.05) is 0 Å². The van der Waals surface area contributed by atoms with E-state index in [0.717, 1.165) is 55.5 Å². The van der Waals surface area contributed by atoms with Crippen molar-refractivity contribution >= 4 is 22.8 Å². The number of benzene rings is 3. The SMILES string of the molecule is CCCCCCCCC(=Nc1ccc(C)c(C)c1)C(CCCC)=Nc1ccc(C)c(C)c1.CCCCc1ccc([O-])c([O-])c1.[Ni+2]. The van der Waals surface area contributed by atoms with Crippen LogP contribution in [0.25, 0.3) is 0 Å². The summed E-state index contributed by atoms with van der Waals surface area (Å²) < 4.78 is 0. The van der Waals surface area contributed by atoms with E-state index in [-0.39, 0.29) is 22.2 Å². The van der Waals surface area contributed by atoms with Gasteiger partial charge in [-0.3, -0.25) is 9.98 Å². The minimum Gasteiger partial charge on any atom is -0.873 e. The van der Waals surface area contributed by atoms with Crippen LogP contribution in [0.15, 0.2) is 64.6 Å². The molecule has 0 spiro atoms. The Morgan fingerprint density at radius 1 is 0.511 bits per heavy atom. The topological polar surface area (TPSA) is 70.8 Å². The van der Waals surface area contributed by atoms with Crippen molar-refractivity contribution < 1.29 is 26.7 Å². The molecule has 0 aliphatic carbocycles. The van der Waals surface area contributed by atoms with Gasteiger partial charge >= 0.3 is 16.5 Å². The van der Waals surface area contributed by atoms with E-state index < -0.39 is 5.75 Å². The molecule has 4 nitrogen and oxygen atoms in total. The Morgan fingerprint density at radius 3 is 1.49 bits per heavy atom. The largest absolute Gasteiger partial charge is 2.00 e. The molecule has 0 aromatic heterocycles. The van der Waals surface area contributed by atoms with Gasteiger partial charge in [0.15, 0.2) is 0 Å². The molecule has 0 aliphatic rings.